The molecule has 2 atom stereocenters. The lowest BCUT2D eigenvalue weighted by Crippen LogP contribution is -2.39. The summed E-state index contributed by atoms with van der Waals surface area (Å²) in [7, 11) is 3.78. The molecule has 8 nitrogen and oxygen atoms in total. The van der Waals surface area contributed by atoms with Gasteiger partial charge in [-0.25, -0.2) is 4.79 Å². The molecule has 2 rings (SSSR count). The monoisotopic (exact) mass is 406 g/mol. The van der Waals surface area contributed by atoms with Gasteiger partial charge in [0, 0.05) is 31.1 Å². The van der Waals surface area contributed by atoms with E-state index in [4.69, 9.17) is 11.6 Å². The number of urea groups is 1. The highest BCUT2D eigenvalue weighted by atomic mass is 35.5. The fourth-order valence-electron chi connectivity index (χ4n) is 2.78. The first-order valence-electron chi connectivity index (χ1n) is 8.64. The van der Waals surface area contributed by atoms with Crippen molar-refractivity contribution in [3.05, 3.63) is 69.2 Å². The molecule has 0 aromatic heterocycles. The number of amides is 2. The Balaban J connectivity index is 2.00. The van der Waals surface area contributed by atoms with Gasteiger partial charge < -0.3 is 20.6 Å². The maximum Gasteiger partial charge on any atom is 0.319 e. The maximum atomic E-state index is 12.2. The SMILES string of the molecule is CN(C)C[C@H](CNC(=O)Nc1ccc([N+](=O)[O-])cc1Cl)[C@@H](O)c1ccccc1. The van der Waals surface area contributed by atoms with Crippen LogP contribution in [0.2, 0.25) is 5.02 Å². The van der Waals surface area contributed by atoms with Crippen LogP contribution < -0.4 is 10.6 Å². The number of nitrogens with zero attached hydrogens (tertiary/aromatic N) is 2. The summed E-state index contributed by atoms with van der Waals surface area (Å²) >= 11 is 5.99. The summed E-state index contributed by atoms with van der Waals surface area (Å²) < 4.78 is 0. The largest absolute Gasteiger partial charge is 0.388 e. The normalized spacial score (nSPS) is 13.0. The number of nitrogens with one attached hydrogen (secondary N) is 2. The van der Waals surface area contributed by atoms with Crippen LogP contribution in [-0.4, -0.2) is 48.1 Å². The van der Waals surface area contributed by atoms with E-state index in [1.165, 1.54) is 18.2 Å². The number of nitro benzene ring substituents is 1. The van der Waals surface area contributed by atoms with Gasteiger partial charge in [-0.3, -0.25) is 10.1 Å². The van der Waals surface area contributed by atoms with Crippen LogP contribution in [0, 0.1) is 16.0 Å². The molecule has 0 unspecified atom stereocenters. The van der Waals surface area contributed by atoms with Crippen LogP contribution in [0.3, 0.4) is 0 Å². The quantitative estimate of drug-likeness (QED) is 0.460. The second-order valence-electron chi connectivity index (χ2n) is 6.63. The Morgan fingerprint density at radius 1 is 1.25 bits per heavy atom. The highest BCUT2D eigenvalue weighted by Gasteiger charge is 2.22. The Hall–Kier alpha value is -2.68. The molecule has 0 saturated carbocycles. The molecule has 28 heavy (non-hydrogen) atoms. The Labute approximate surface area is 168 Å². The fourth-order valence-corrected chi connectivity index (χ4v) is 3.00. The first kappa shape index (κ1) is 21.6. The van der Waals surface area contributed by atoms with Crippen LogP contribution >= 0.6 is 11.6 Å². The topological polar surface area (TPSA) is 108 Å². The average Bonchev–Trinajstić information content (AvgIpc) is 2.66. The summed E-state index contributed by atoms with van der Waals surface area (Å²) in [6.45, 7) is 0.791. The predicted octanol–water partition coefficient (Wildman–Crippen LogP) is 3.28. The molecule has 150 valence electrons. The molecule has 0 saturated heterocycles. The third-order valence-corrected chi connectivity index (χ3v) is 4.44. The van der Waals surface area contributed by atoms with Gasteiger partial charge in [-0.1, -0.05) is 41.9 Å². The molecule has 2 amide bonds. The van der Waals surface area contributed by atoms with Crippen molar-refractivity contribution in [1.29, 1.82) is 0 Å². The number of rotatable bonds is 8. The zero-order valence-electron chi connectivity index (χ0n) is 15.6. The summed E-state index contributed by atoms with van der Waals surface area (Å²) in [6.07, 6.45) is -0.744. The van der Waals surface area contributed by atoms with Gasteiger partial charge in [0.15, 0.2) is 0 Å². The molecular weight excluding hydrogens is 384 g/mol. The Morgan fingerprint density at radius 3 is 2.50 bits per heavy atom. The standard InChI is InChI=1S/C19H23ClN4O4/c1-23(2)12-14(18(25)13-6-4-3-5-7-13)11-21-19(26)22-17-9-8-15(24(27)28)10-16(17)20/h3-10,14,18,25H,11-12H2,1-2H3,(H2,21,22,26)/t14-,18-/m0/s1. The third-order valence-electron chi connectivity index (χ3n) is 4.12. The number of hydrogen-bond acceptors (Lipinski definition) is 5. The Kier molecular flexibility index (Phi) is 7.74. The van der Waals surface area contributed by atoms with E-state index >= 15 is 0 Å². The lowest BCUT2D eigenvalue weighted by atomic mass is 9.95. The summed E-state index contributed by atoms with van der Waals surface area (Å²) in [4.78, 5) is 24.3. The number of halogens is 1. The van der Waals surface area contributed by atoms with Crippen LogP contribution in [-0.2, 0) is 0 Å². The van der Waals surface area contributed by atoms with Crippen molar-refractivity contribution in [3.8, 4) is 0 Å². The molecule has 0 aliphatic heterocycles. The number of anilines is 1. The van der Waals surface area contributed by atoms with Gasteiger partial charge in [-0.2, -0.15) is 0 Å². The van der Waals surface area contributed by atoms with E-state index in [0.29, 0.717) is 6.54 Å². The van der Waals surface area contributed by atoms with E-state index in [-0.39, 0.29) is 28.9 Å². The molecule has 0 aliphatic carbocycles. The van der Waals surface area contributed by atoms with Crippen molar-refractivity contribution in [2.75, 3.05) is 32.5 Å². The van der Waals surface area contributed by atoms with Gasteiger partial charge in [-0.05, 0) is 25.7 Å². The Morgan fingerprint density at radius 2 is 1.93 bits per heavy atom. The summed E-state index contributed by atoms with van der Waals surface area (Å²) in [5, 5.41) is 26.8. The van der Waals surface area contributed by atoms with Crippen molar-refractivity contribution in [3.63, 3.8) is 0 Å². The van der Waals surface area contributed by atoms with Gasteiger partial charge in [0.2, 0.25) is 0 Å². The van der Waals surface area contributed by atoms with Crippen LogP contribution in [0.1, 0.15) is 11.7 Å². The number of carbonyl (C=O) groups excluding carboxylic acids is 1. The third kappa shape index (κ3) is 6.19. The van der Waals surface area contributed by atoms with Gasteiger partial charge in [0.05, 0.1) is 21.7 Å². The zero-order chi connectivity index (χ0) is 20.7. The van der Waals surface area contributed by atoms with E-state index < -0.39 is 17.1 Å². The Bertz CT molecular complexity index is 817. The minimum Gasteiger partial charge on any atom is -0.388 e. The zero-order valence-corrected chi connectivity index (χ0v) is 16.4. The molecule has 0 bridgehead atoms. The van der Waals surface area contributed by atoms with E-state index in [2.05, 4.69) is 10.6 Å². The van der Waals surface area contributed by atoms with E-state index in [1.807, 2.05) is 49.3 Å². The number of aliphatic hydroxyl groups excluding tert-OH is 1. The number of nitro groups is 1. The van der Waals surface area contributed by atoms with E-state index in [0.717, 1.165) is 5.56 Å². The first-order chi connectivity index (χ1) is 13.3. The minimum atomic E-state index is -0.744. The number of non-ortho nitro benzene ring substituents is 1. The molecule has 0 aliphatic rings. The van der Waals surface area contributed by atoms with E-state index in [9.17, 15) is 20.0 Å². The van der Waals surface area contributed by atoms with Crippen LogP contribution in [0.4, 0.5) is 16.2 Å². The van der Waals surface area contributed by atoms with Crippen LogP contribution in [0.5, 0.6) is 0 Å². The molecular formula is C19H23ClN4O4. The van der Waals surface area contributed by atoms with Crippen molar-refractivity contribution in [2.24, 2.45) is 5.92 Å². The highest BCUT2D eigenvalue weighted by Crippen LogP contribution is 2.26. The fraction of sp³-hybridized carbons (Fsp3) is 0.316. The van der Waals surface area contributed by atoms with Crippen LogP contribution in [0.25, 0.3) is 0 Å². The summed E-state index contributed by atoms with van der Waals surface area (Å²) in [6, 6.07) is 12.5. The first-order valence-corrected chi connectivity index (χ1v) is 9.02. The number of benzene rings is 2. The van der Waals surface area contributed by atoms with Crippen molar-refractivity contribution in [1.82, 2.24) is 10.2 Å². The van der Waals surface area contributed by atoms with Gasteiger partial charge in [0.25, 0.3) is 5.69 Å². The van der Waals surface area contributed by atoms with Gasteiger partial charge in [0.1, 0.15) is 0 Å². The molecule has 3 N–H and O–H groups in total. The minimum absolute atomic E-state index is 0.0681. The maximum absolute atomic E-state index is 12.2. The van der Waals surface area contributed by atoms with E-state index in [1.54, 1.807) is 0 Å². The van der Waals surface area contributed by atoms with Crippen molar-refractivity contribution >= 4 is 29.0 Å². The number of hydrogen-bond donors (Lipinski definition) is 3. The molecule has 0 heterocycles. The van der Waals surface area contributed by atoms with Crippen molar-refractivity contribution in [2.45, 2.75) is 6.10 Å². The smallest absolute Gasteiger partial charge is 0.319 e. The molecule has 2 aromatic rings. The molecule has 0 radical (unpaired) electrons. The van der Waals surface area contributed by atoms with Gasteiger partial charge >= 0.3 is 6.03 Å². The highest BCUT2D eigenvalue weighted by molar-refractivity contribution is 6.33. The van der Waals surface area contributed by atoms with Gasteiger partial charge in [-0.15, -0.1) is 0 Å². The van der Waals surface area contributed by atoms with Crippen LogP contribution in [0.15, 0.2) is 48.5 Å². The number of carbonyl (C=O) groups is 1. The second-order valence-corrected chi connectivity index (χ2v) is 7.04. The molecule has 9 heteroatoms. The average molecular weight is 407 g/mol. The predicted molar refractivity (Wildman–Crippen MR) is 109 cm³/mol. The number of aliphatic hydroxyl groups is 1. The summed E-state index contributed by atoms with van der Waals surface area (Å²) in [5.41, 5.74) is 0.875. The second kappa shape index (κ2) is 10.0. The molecule has 2 aromatic carbocycles. The lowest BCUT2D eigenvalue weighted by molar-refractivity contribution is -0.384. The molecule has 0 spiro atoms. The summed E-state index contributed by atoms with van der Waals surface area (Å²) in [5.74, 6) is -0.240. The lowest BCUT2D eigenvalue weighted by Gasteiger charge is -2.26. The van der Waals surface area contributed by atoms with Crippen molar-refractivity contribution < 1.29 is 14.8 Å². The molecule has 0 fully saturated rings.